The third-order valence-corrected chi connectivity index (χ3v) is 2.82. The minimum atomic E-state index is 0.0566. The highest BCUT2D eigenvalue weighted by Crippen LogP contribution is 2.21. The molecule has 0 saturated carbocycles. The molecule has 0 N–H and O–H groups in total. The zero-order chi connectivity index (χ0) is 13.1. The van der Waals surface area contributed by atoms with Crippen LogP contribution in [0.2, 0.25) is 0 Å². The smallest absolute Gasteiger partial charge is 0.181 e. The number of methoxy groups -OCH3 is 1. The molecule has 0 fully saturated rings. The van der Waals surface area contributed by atoms with Crippen molar-refractivity contribution in [3.63, 3.8) is 0 Å². The number of hydrogen-bond acceptors (Lipinski definition) is 3. The van der Waals surface area contributed by atoms with E-state index < -0.39 is 0 Å². The van der Waals surface area contributed by atoms with Crippen molar-refractivity contribution in [1.82, 2.24) is 0 Å². The van der Waals surface area contributed by atoms with Crippen LogP contribution in [-0.2, 0) is 4.79 Å². The SMILES string of the molecule is COc1ccc(N=C2C=C(C)C(=O)C=C2C)cc1. The van der Waals surface area contributed by atoms with Crippen molar-refractivity contribution >= 4 is 17.2 Å². The maximum Gasteiger partial charge on any atom is 0.181 e. The highest BCUT2D eigenvalue weighted by atomic mass is 16.5. The Kier molecular flexibility index (Phi) is 3.42. The fourth-order valence-electron chi connectivity index (χ4n) is 1.69. The molecule has 0 amide bonds. The second-order valence-corrected chi connectivity index (χ2v) is 4.21. The summed E-state index contributed by atoms with van der Waals surface area (Å²) in [6.45, 7) is 3.69. The molecule has 0 unspecified atom stereocenters. The third kappa shape index (κ3) is 2.56. The predicted octanol–water partition coefficient (Wildman–Crippen LogP) is 3.24. The van der Waals surface area contributed by atoms with Crippen LogP contribution < -0.4 is 4.74 Å². The monoisotopic (exact) mass is 241 g/mol. The highest BCUT2D eigenvalue weighted by molar-refractivity contribution is 6.22. The first kappa shape index (κ1) is 12.3. The Hall–Kier alpha value is -2.16. The van der Waals surface area contributed by atoms with Gasteiger partial charge in [0.05, 0.1) is 18.5 Å². The molecule has 0 heterocycles. The minimum Gasteiger partial charge on any atom is -0.497 e. The lowest BCUT2D eigenvalue weighted by molar-refractivity contribution is -0.111. The Morgan fingerprint density at radius 1 is 1.00 bits per heavy atom. The first-order chi connectivity index (χ1) is 8.60. The average Bonchev–Trinajstić information content (AvgIpc) is 2.37. The van der Waals surface area contributed by atoms with Crippen LogP contribution in [0.3, 0.4) is 0 Å². The normalized spacial score (nSPS) is 17.5. The van der Waals surface area contributed by atoms with Gasteiger partial charge < -0.3 is 4.74 Å². The number of aliphatic imine (C=N–C) groups is 1. The van der Waals surface area contributed by atoms with Crippen molar-refractivity contribution < 1.29 is 9.53 Å². The fourth-order valence-corrected chi connectivity index (χ4v) is 1.69. The summed E-state index contributed by atoms with van der Waals surface area (Å²) in [5.74, 6) is 0.859. The van der Waals surface area contributed by atoms with E-state index in [1.807, 2.05) is 37.3 Å². The molecule has 0 aliphatic heterocycles. The van der Waals surface area contributed by atoms with Crippen LogP contribution in [0.5, 0.6) is 5.75 Å². The molecule has 0 spiro atoms. The Labute approximate surface area is 107 Å². The first-order valence-corrected chi connectivity index (χ1v) is 5.74. The van der Waals surface area contributed by atoms with Gasteiger partial charge in [0.25, 0.3) is 0 Å². The maximum absolute atomic E-state index is 11.5. The number of nitrogens with zero attached hydrogens (tertiary/aromatic N) is 1. The number of carbonyl (C=O) groups excluding carboxylic acids is 1. The van der Waals surface area contributed by atoms with Crippen LogP contribution >= 0.6 is 0 Å². The van der Waals surface area contributed by atoms with Crippen molar-refractivity contribution in [2.75, 3.05) is 7.11 Å². The summed E-state index contributed by atoms with van der Waals surface area (Å²) in [6, 6.07) is 7.50. The third-order valence-electron chi connectivity index (χ3n) is 2.82. The Balaban J connectivity index is 2.32. The summed E-state index contributed by atoms with van der Waals surface area (Å²) >= 11 is 0. The van der Waals surface area contributed by atoms with Gasteiger partial charge >= 0.3 is 0 Å². The maximum atomic E-state index is 11.5. The van der Waals surface area contributed by atoms with E-state index in [0.717, 1.165) is 22.7 Å². The molecule has 92 valence electrons. The molecule has 3 heteroatoms. The lowest BCUT2D eigenvalue weighted by Crippen LogP contribution is -2.09. The van der Waals surface area contributed by atoms with E-state index >= 15 is 0 Å². The summed E-state index contributed by atoms with van der Waals surface area (Å²) in [5.41, 5.74) is 3.28. The summed E-state index contributed by atoms with van der Waals surface area (Å²) in [6.07, 6.45) is 3.44. The summed E-state index contributed by atoms with van der Waals surface area (Å²) in [4.78, 5) is 16.0. The standard InChI is InChI=1S/C15H15NO2/c1-10-9-15(17)11(2)8-14(10)16-12-4-6-13(18-3)7-5-12/h4-9H,1-3H3. The number of rotatable bonds is 2. The van der Waals surface area contributed by atoms with Crippen LogP contribution in [-0.4, -0.2) is 18.6 Å². The van der Waals surface area contributed by atoms with Gasteiger partial charge in [-0.25, -0.2) is 4.99 Å². The van der Waals surface area contributed by atoms with Crippen molar-refractivity contribution in [2.24, 2.45) is 4.99 Å². The fraction of sp³-hybridized carbons (Fsp3) is 0.200. The molecule has 18 heavy (non-hydrogen) atoms. The second kappa shape index (κ2) is 5.00. The molecular weight excluding hydrogens is 226 g/mol. The lowest BCUT2D eigenvalue weighted by atomic mass is 9.98. The summed E-state index contributed by atoms with van der Waals surface area (Å²) in [7, 11) is 1.63. The molecule has 1 aliphatic carbocycles. The molecule has 1 aromatic carbocycles. The molecule has 3 nitrogen and oxygen atoms in total. The van der Waals surface area contributed by atoms with Gasteiger partial charge in [-0.15, -0.1) is 0 Å². The number of benzene rings is 1. The van der Waals surface area contributed by atoms with Crippen LogP contribution in [0.15, 0.2) is 52.6 Å². The van der Waals surface area contributed by atoms with E-state index in [4.69, 9.17) is 4.74 Å². The Morgan fingerprint density at radius 3 is 2.28 bits per heavy atom. The van der Waals surface area contributed by atoms with Crippen LogP contribution in [0, 0.1) is 0 Å². The van der Waals surface area contributed by atoms with E-state index in [-0.39, 0.29) is 5.78 Å². The Bertz CT molecular complexity index is 563. The summed E-state index contributed by atoms with van der Waals surface area (Å²) in [5, 5.41) is 0. The van der Waals surface area contributed by atoms with Gasteiger partial charge in [-0.2, -0.15) is 0 Å². The molecule has 0 bridgehead atoms. The van der Waals surface area contributed by atoms with Gasteiger partial charge in [0.1, 0.15) is 5.75 Å². The van der Waals surface area contributed by atoms with Gasteiger partial charge in [0.15, 0.2) is 5.78 Å². The molecular formula is C15H15NO2. The zero-order valence-electron chi connectivity index (χ0n) is 10.7. The van der Waals surface area contributed by atoms with Crippen molar-refractivity contribution in [2.45, 2.75) is 13.8 Å². The minimum absolute atomic E-state index is 0.0566. The number of allylic oxidation sites excluding steroid dienone is 4. The highest BCUT2D eigenvalue weighted by Gasteiger charge is 2.12. The molecule has 0 atom stereocenters. The first-order valence-electron chi connectivity index (χ1n) is 5.74. The molecule has 2 rings (SSSR count). The predicted molar refractivity (Wildman–Crippen MR) is 72.6 cm³/mol. The number of carbonyl (C=O) groups is 1. The van der Waals surface area contributed by atoms with E-state index in [0.29, 0.717) is 5.57 Å². The topological polar surface area (TPSA) is 38.7 Å². The molecule has 1 aliphatic rings. The number of ketones is 1. The van der Waals surface area contributed by atoms with E-state index in [1.54, 1.807) is 20.1 Å². The Morgan fingerprint density at radius 2 is 1.67 bits per heavy atom. The van der Waals surface area contributed by atoms with Gasteiger partial charge in [0, 0.05) is 0 Å². The molecule has 0 saturated heterocycles. The number of ether oxygens (including phenoxy) is 1. The van der Waals surface area contributed by atoms with Gasteiger partial charge in [-0.1, -0.05) is 0 Å². The van der Waals surface area contributed by atoms with Crippen molar-refractivity contribution in [3.8, 4) is 5.75 Å². The van der Waals surface area contributed by atoms with Crippen molar-refractivity contribution in [3.05, 3.63) is 47.6 Å². The van der Waals surface area contributed by atoms with Crippen molar-refractivity contribution in [1.29, 1.82) is 0 Å². The quantitative estimate of drug-likeness (QED) is 0.745. The molecule has 0 radical (unpaired) electrons. The second-order valence-electron chi connectivity index (χ2n) is 4.21. The van der Waals surface area contributed by atoms with Gasteiger partial charge in [0.2, 0.25) is 0 Å². The molecule has 1 aromatic rings. The van der Waals surface area contributed by atoms with Crippen LogP contribution in [0.4, 0.5) is 5.69 Å². The van der Waals surface area contributed by atoms with E-state index in [2.05, 4.69) is 4.99 Å². The average molecular weight is 241 g/mol. The zero-order valence-corrected chi connectivity index (χ0v) is 10.7. The van der Waals surface area contributed by atoms with Crippen LogP contribution in [0.1, 0.15) is 13.8 Å². The summed E-state index contributed by atoms with van der Waals surface area (Å²) < 4.78 is 5.09. The number of hydrogen-bond donors (Lipinski definition) is 0. The lowest BCUT2D eigenvalue weighted by Gasteiger charge is -2.09. The van der Waals surface area contributed by atoms with E-state index in [1.165, 1.54) is 0 Å². The van der Waals surface area contributed by atoms with Gasteiger partial charge in [-0.05, 0) is 61.4 Å². The largest absolute Gasteiger partial charge is 0.497 e. The van der Waals surface area contributed by atoms with Crippen LogP contribution in [0.25, 0.3) is 0 Å². The molecule has 0 aromatic heterocycles. The van der Waals surface area contributed by atoms with Gasteiger partial charge in [-0.3, -0.25) is 4.79 Å². The van der Waals surface area contributed by atoms with E-state index in [9.17, 15) is 4.79 Å².